The van der Waals surface area contributed by atoms with Gasteiger partial charge < -0.3 is 10.2 Å². The summed E-state index contributed by atoms with van der Waals surface area (Å²) >= 11 is 5.67. The lowest BCUT2D eigenvalue weighted by Crippen LogP contribution is -2.54. The Hall–Kier alpha value is -0.490. The molecule has 4 aliphatic carbocycles. The third-order valence-electron chi connectivity index (χ3n) is 8.48. The molecule has 0 aromatic rings. The lowest BCUT2D eigenvalue weighted by atomic mass is 9.47. The molecule has 0 bridgehead atoms. The Balaban J connectivity index is 1.69. The normalized spacial score (nSPS) is 53.1. The molecule has 0 aliphatic heterocycles. The highest BCUT2D eigenvalue weighted by molar-refractivity contribution is 6.30. The summed E-state index contributed by atoms with van der Waals surface area (Å²) in [4.78, 5) is 0. The van der Waals surface area contributed by atoms with Crippen LogP contribution in [0, 0.1) is 39.9 Å². The van der Waals surface area contributed by atoms with Crippen LogP contribution in [0.2, 0.25) is 0 Å². The van der Waals surface area contributed by atoms with Gasteiger partial charge in [0.05, 0.1) is 6.10 Å². The molecule has 3 fully saturated rings. The van der Waals surface area contributed by atoms with Gasteiger partial charge in [0.2, 0.25) is 0 Å². The minimum Gasteiger partial charge on any atom is -0.393 e. The quantitative estimate of drug-likeness (QED) is 0.507. The van der Waals surface area contributed by atoms with Gasteiger partial charge in [-0.15, -0.1) is 0 Å². The minimum absolute atomic E-state index is 0.133. The number of aliphatic hydroxyl groups is 2. The predicted octanol–water partition coefficient (Wildman–Crippen LogP) is 4.24. The average molecular weight is 349 g/mol. The number of hydrogen-bond donors (Lipinski definition) is 2. The van der Waals surface area contributed by atoms with Crippen molar-refractivity contribution in [1.29, 1.82) is 0 Å². The number of hydrogen-bond acceptors (Lipinski definition) is 2. The van der Waals surface area contributed by atoms with E-state index in [1.54, 1.807) is 0 Å². The molecule has 4 rings (SSSR count). The topological polar surface area (TPSA) is 40.5 Å². The van der Waals surface area contributed by atoms with E-state index in [2.05, 4.69) is 31.2 Å². The first-order valence-corrected chi connectivity index (χ1v) is 9.95. The summed E-state index contributed by atoms with van der Waals surface area (Å²) in [5.74, 6) is 4.81. The maximum absolute atomic E-state index is 11.2. The van der Waals surface area contributed by atoms with Crippen molar-refractivity contribution >= 4 is 11.6 Å². The Morgan fingerprint density at radius 2 is 1.88 bits per heavy atom. The van der Waals surface area contributed by atoms with Crippen molar-refractivity contribution in [2.75, 3.05) is 0 Å². The number of rotatable bonds is 0. The van der Waals surface area contributed by atoms with Crippen molar-refractivity contribution in [3.63, 3.8) is 0 Å². The number of allylic oxidation sites excluding steroid dienone is 1. The van der Waals surface area contributed by atoms with Gasteiger partial charge in [-0.2, -0.15) is 0 Å². The Bertz CT molecular complexity index is 631. The Morgan fingerprint density at radius 3 is 2.62 bits per heavy atom. The third kappa shape index (κ3) is 2.11. The molecule has 2 N–H and O–H groups in total. The standard InChI is InChI=1S/C21H29ClO2/c1-19-8-5-15(23)13-14(19)3-4-16-17(19)6-9-20(2)18(16)7-10-21(20,24)11-12-22/h3,15-18,23-24H,4-10,13H2,1-2H3/t15-,16-,17+,18-,19+,20-,21-/m1/s1. The smallest absolute Gasteiger partial charge is 0.132 e. The van der Waals surface area contributed by atoms with Gasteiger partial charge in [0.25, 0.3) is 0 Å². The molecule has 2 nitrogen and oxygen atoms in total. The lowest BCUT2D eigenvalue weighted by molar-refractivity contribution is -0.0970. The molecule has 4 aliphatic rings. The molecule has 0 radical (unpaired) electrons. The van der Waals surface area contributed by atoms with Crippen LogP contribution < -0.4 is 0 Å². The van der Waals surface area contributed by atoms with Gasteiger partial charge in [-0.25, -0.2) is 0 Å². The van der Waals surface area contributed by atoms with Gasteiger partial charge >= 0.3 is 0 Å². The highest BCUT2D eigenvalue weighted by atomic mass is 35.5. The largest absolute Gasteiger partial charge is 0.393 e. The molecule has 0 unspecified atom stereocenters. The van der Waals surface area contributed by atoms with Gasteiger partial charge in [-0.3, -0.25) is 0 Å². The molecule has 0 saturated heterocycles. The second-order valence-electron chi connectivity index (χ2n) is 9.23. The first-order chi connectivity index (χ1) is 11.3. The fraction of sp³-hybridized carbons (Fsp3) is 0.810. The maximum Gasteiger partial charge on any atom is 0.132 e. The molecule has 0 heterocycles. The second-order valence-corrected chi connectivity index (χ2v) is 9.42. The summed E-state index contributed by atoms with van der Waals surface area (Å²) in [6.07, 6.45) is 10.3. The van der Waals surface area contributed by atoms with Crippen LogP contribution in [0.3, 0.4) is 0 Å². The van der Waals surface area contributed by atoms with E-state index in [0.29, 0.717) is 17.8 Å². The van der Waals surface area contributed by atoms with Crippen LogP contribution >= 0.6 is 11.6 Å². The van der Waals surface area contributed by atoms with Crippen LogP contribution in [0.1, 0.15) is 65.2 Å². The Morgan fingerprint density at radius 1 is 1.12 bits per heavy atom. The van der Waals surface area contributed by atoms with E-state index in [0.717, 1.165) is 51.4 Å². The fourth-order valence-electron chi connectivity index (χ4n) is 6.94. The fourth-order valence-corrected chi connectivity index (χ4v) is 7.10. The van der Waals surface area contributed by atoms with E-state index >= 15 is 0 Å². The monoisotopic (exact) mass is 348 g/mol. The molecule has 0 spiro atoms. The molecule has 0 amide bonds. The van der Waals surface area contributed by atoms with E-state index in [1.165, 1.54) is 5.57 Å². The number of aliphatic hydroxyl groups excluding tert-OH is 1. The molecular formula is C21H29ClO2. The van der Waals surface area contributed by atoms with E-state index in [9.17, 15) is 10.2 Å². The highest BCUT2D eigenvalue weighted by Gasteiger charge is 2.63. The van der Waals surface area contributed by atoms with Gasteiger partial charge in [-0.05, 0) is 86.1 Å². The zero-order valence-electron chi connectivity index (χ0n) is 14.8. The molecule has 3 saturated carbocycles. The molecular weight excluding hydrogens is 320 g/mol. The van der Waals surface area contributed by atoms with Gasteiger partial charge in [0.15, 0.2) is 0 Å². The number of halogens is 1. The van der Waals surface area contributed by atoms with Crippen molar-refractivity contribution in [3.05, 3.63) is 11.6 Å². The average Bonchev–Trinajstić information content (AvgIpc) is 2.80. The molecule has 0 aromatic carbocycles. The number of fused-ring (bicyclic) bond motifs is 5. The zero-order chi connectivity index (χ0) is 17.2. The van der Waals surface area contributed by atoms with Crippen molar-refractivity contribution < 1.29 is 10.2 Å². The maximum atomic E-state index is 11.2. The minimum atomic E-state index is -0.919. The summed E-state index contributed by atoms with van der Waals surface area (Å²) < 4.78 is 0. The summed E-state index contributed by atoms with van der Waals surface area (Å²) in [6.45, 7) is 4.68. The molecule has 0 aromatic heterocycles. The van der Waals surface area contributed by atoms with E-state index in [1.807, 2.05) is 0 Å². The Labute approximate surface area is 150 Å². The van der Waals surface area contributed by atoms with Gasteiger partial charge in [0, 0.05) is 10.8 Å². The molecule has 24 heavy (non-hydrogen) atoms. The van der Waals surface area contributed by atoms with Crippen molar-refractivity contribution in [3.8, 4) is 11.3 Å². The SMILES string of the molecule is C[C@]12CC[C@@H](O)CC1=CC[C@H]1[C@H]3CC[C@@](O)(C#CCl)[C@]3(C)CC[C@@H]12. The van der Waals surface area contributed by atoms with Crippen LogP contribution in [0.25, 0.3) is 0 Å². The van der Waals surface area contributed by atoms with Crippen molar-refractivity contribution in [1.82, 2.24) is 0 Å². The third-order valence-corrected chi connectivity index (χ3v) is 8.58. The Kier molecular flexibility index (Phi) is 3.89. The molecule has 3 heteroatoms. The molecule has 7 atom stereocenters. The molecule has 132 valence electrons. The predicted molar refractivity (Wildman–Crippen MR) is 96.3 cm³/mol. The van der Waals surface area contributed by atoms with E-state index < -0.39 is 5.60 Å². The first-order valence-electron chi connectivity index (χ1n) is 9.57. The summed E-state index contributed by atoms with van der Waals surface area (Å²) in [5.41, 5.74) is 0.701. The van der Waals surface area contributed by atoms with E-state index in [-0.39, 0.29) is 16.9 Å². The second kappa shape index (κ2) is 5.50. The first kappa shape index (κ1) is 17.0. The highest BCUT2D eigenvalue weighted by Crippen LogP contribution is 2.67. The van der Waals surface area contributed by atoms with Crippen LogP contribution in [-0.2, 0) is 0 Å². The van der Waals surface area contributed by atoms with E-state index in [4.69, 9.17) is 11.6 Å². The van der Waals surface area contributed by atoms with Crippen molar-refractivity contribution in [2.24, 2.45) is 28.6 Å². The lowest BCUT2D eigenvalue weighted by Gasteiger charge is -2.58. The van der Waals surface area contributed by atoms with Crippen LogP contribution in [0.5, 0.6) is 0 Å². The summed E-state index contributed by atoms with van der Waals surface area (Å²) in [7, 11) is 0. The van der Waals surface area contributed by atoms with Crippen LogP contribution in [0.15, 0.2) is 11.6 Å². The zero-order valence-corrected chi connectivity index (χ0v) is 15.6. The summed E-state index contributed by atoms with van der Waals surface area (Å²) in [5, 5.41) is 23.7. The van der Waals surface area contributed by atoms with Gasteiger partial charge in [0.1, 0.15) is 5.60 Å². The van der Waals surface area contributed by atoms with Crippen molar-refractivity contribution in [2.45, 2.75) is 76.9 Å². The summed E-state index contributed by atoms with van der Waals surface area (Å²) in [6, 6.07) is 0. The van der Waals surface area contributed by atoms with Crippen LogP contribution in [-0.4, -0.2) is 21.9 Å². The van der Waals surface area contributed by atoms with Crippen LogP contribution in [0.4, 0.5) is 0 Å². The van der Waals surface area contributed by atoms with Gasteiger partial charge in [-0.1, -0.05) is 31.4 Å².